The molecule has 0 aliphatic heterocycles. The molecule has 0 bridgehead atoms. The van der Waals surface area contributed by atoms with E-state index in [0.29, 0.717) is 11.7 Å². The summed E-state index contributed by atoms with van der Waals surface area (Å²) < 4.78 is 5.47. The van der Waals surface area contributed by atoms with Crippen molar-refractivity contribution in [3.8, 4) is 0 Å². The zero-order valence-electron chi connectivity index (χ0n) is 8.66. The second-order valence-electron chi connectivity index (χ2n) is 3.29. The van der Waals surface area contributed by atoms with Gasteiger partial charge in [0.2, 0.25) is 0 Å². The standard InChI is InChI=1S/C10H18N2OS/c1-2-3-4-5-6-13-7-9-8-14-10(11)12-9/h8H,2-7H2,1H3,(H2,11,12). The van der Waals surface area contributed by atoms with Crippen LogP contribution in [0.1, 0.15) is 38.3 Å². The van der Waals surface area contributed by atoms with E-state index in [2.05, 4.69) is 11.9 Å². The minimum atomic E-state index is 0.597. The van der Waals surface area contributed by atoms with E-state index in [1.54, 1.807) is 0 Å². The van der Waals surface area contributed by atoms with Gasteiger partial charge in [0.25, 0.3) is 0 Å². The molecule has 3 nitrogen and oxygen atoms in total. The number of nitrogen functional groups attached to an aromatic ring is 1. The molecule has 0 radical (unpaired) electrons. The zero-order valence-corrected chi connectivity index (χ0v) is 9.48. The van der Waals surface area contributed by atoms with E-state index in [4.69, 9.17) is 10.5 Å². The van der Waals surface area contributed by atoms with E-state index in [-0.39, 0.29) is 0 Å². The van der Waals surface area contributed by atoms with E-state index in [9.17, 15) is 0 Å². The lowest BCUT2D eigenvalue weighted by molar-refractivity contribution is 0.114. The van der Waals surface area contributed by atoms with Crippen molar-refractivity contribution >= 4 is 16.5 Å². The Kier molecular flexibility index (Phi) is 5.56. The molecule has 80 valence electrons. The van der Waals surface area contributed by atoms with Crippen molar-refractivity contribution in [2.75, 3.05) is 12.3 Å². The molecular weight excluding hydrogens is 196 g/mol. The van der Waals surface area contributed by atoms with E-state index >= 15 is 0 Å². The predicted octanol–water partition coefficient (Wildman–Crippen LogP) is 2.82. The summed E-state index contributed by atoms with van der Waals surface area (Å²) >= 11 is 1.46. The van der Waals surface area contributed by atoms with E-state index in [1.165, 1.54) is 30.6 Å². The molecule has 1 heterocycles. The Bertz CT molecular complexity index is 250. The molecule has 1 rings (SSSR count). The molecule has 0 unspecified atom stereocenters. The lowest BCUT2D eigenvalue weighted by Gasteiger charge is -2.01. The van der Waals surface area contributed by atoms with Gasteiger partial charge in [-0.25, -0.2) is 4.98 Å². The molecule has 0 fully saturated rings. The van der Waals surface area contributed by atoms with Crippen LogP contribution in [0.4, 0.5) is 5.13 Å². The van der Waals surface area contributed by atoms with Gasteiger partial charge in [-0.3, -0.25) is 0 Å². The summed E-state index contributed by atoms with van der Waals surface area (Å²) in [6, 6.07) is 0. The molecule has 0 aliphatic rings. The molecule has 0 aromatic carbocycles. The normalized spacial score (nSPS) is 10.6. The largest absolute Gasteiger partial charge is 0.375 e. The van der Waals surface area contributed by atoms with Crippen molar-refractivity contribution in [1.82, 2.24) is 4.98 Å². The highest BCUT2D eigenvalue weighted by molar-refractivity contribution is 7.13. The molecule has 0 saturated heterocycles. The first-order valence-corrected chi connectivity index (χ1v) is 5.98. The van der Waals surface area contributed by atoms with E-state index < -0.39 is 0 Å². The Hall–Kier alpha value is -0.610. The molecular formula is C10H18N2OS. The van der Waals surface area contributed by atoms with Crippen molar-refractivity contribution in [1.29, 1.82) is 0 Å². The first-order valence-electron chi connectivity index (χ1n) is 5.10. The number of nitrogens with two attached hydrogens (primary N) is 1. The van der Waals surface area contributed by atoms with Crippen molar-refractivity contribution in [2.45, 2.75) is 39.2 Å². The Balaban J connectivity index is 1.99. The number of hydrogen-bond acceptors (Lipinski definition) is 4. The number of ether oxygens (including phenoxy) is 1. The summed E-state index contributed by atoms with van der Waals surface area (Å²) in [7, 11) is 0. The average Bonchev–Trinajstić information content (AvgIpc) is 2.58. The van der Waals surface area contributed by atoms with Crippen LogP contribution >= 0.6 is 11.3 Å². The summed E-state index contributed by atoms with van der Waals surface area (Å²) in [5.41, 5.74) is 6.45. The lowest BCUT2D eigenvalue weighted by atomic mass is 10.2. The highest BCUT2D eigenvalue weighted by atomic mass is 32.1. The summed E-state index contributed by atoms with van der Waals surface area (Å²) in [5, 5.41) is 2.57. The predicted molar refractivity (Wildman–Crippen MR) is 60.3 cm³/mol. The van der Waals surface area contributed by atoms with Crippen molar-refractivity contribution in [2.24, 2.45) is 0 Å². The number of hydrogen-bond donors (Lipinski definition) is 1. The lowest BCUT2D eigenvalue weighted by Crippen LogP contribution is -1.96. The quantitative estimate of drug-likeness (QED) is 0.710. The maximum Gasteiger partial charge on any atom is 0.180 e. The maximum atomic E-state index is 5.50. The minimum absolute atomic E-state index is 0.597. The molecule has 14 heavy (non-hydrogen) atoms. The molecule has 2 N–H and O–H groups in total. The van der Waals surface area contributed by atoms with Gasteiger partial charge in [0.1, 0.15) is 0 Å². The van der Waals surface area contributed by atoms with Crippen LogP contribution < -0.4 is 5.73 Å². The Labute approximate surface area is 89.3 Å². The number of anilines is 1. The summed E-state index contributed by atoms with van der Waals surface area (Å²) in [5.74, 6) is 0. The summed E-state index contributed by atoms with van der Waals surface area (Å²) in [6.45, 7) is 3.64. The van der Waals surface area contributed by atoms with Crippen molar-refractivity contribution in [3.63, 3.8) is 0 Å². The van der Waals surface area contributed by atoms with Crippen LogP contribution in [0.2, 0.25) is 0 Å². The van der Waals surface area contributed by atoms with E-state index in [0.717, 1.165) is 18.7 Å². The molecule has 0 aliphatic carbocycles. The van der Waals surface area contributed by atoms with Gasteiger partial charge < -0.3 is 10.5 Å². The first kappa shape index (κ1) is 11.5. The number of aromatic nitrogens is 1. The fourth-order valence-corrected chi connectivity index (χ4v) is 1.74. The van der Waals surface area contributed by atoms with Gasteiger partial charge in [0, 0.05) is 12.0 Å². The van der Waals surface area contributed by atoms with Gasteiger partial charge in [-0.2, -0.15) is 0 Å². The molecule has 0 spiro atoms. The minimum Gasteiger partial charge on any atom is -0.375 e. The zero-order chi connectivity index (χ0) is 10.2. The third kappa shape index (κ3) is 4.58. The smallest absolute Gasteiger partial charge is 0.180 e. The van der Waals surface area contributed by atoms with E-state index in [1.807, 2.05) is 5.38 Å². The topological polar surface area (TPSA) is 48.1 Å². The van der Waals surface area contributed by atoms with Gasteiger partial charge in [-0.1, -0.05) is 26.2 Å². The molecule has 1 aromatic rings. The summed E-state index contributed by atoms with van der Waals surface area (Å²) in [6.07, 6.45) is 4.97. The number of rotatable bonds is 7. The van der Waals surface area contributed by atoms with Gasteiger partial charge >= 0.3 is 0 Å². The Morgan fingerprint density at radius 2 is 2.29 bits per heavy atom. The number of nitrogens with zero attached hydrogens (tertiary/aromatic N) is 1. The average molecular weight is 214 g/mol. The van der Waals surface area contributed by atoms with Gasteiger partial charge in [0.15, 0.2) is 5.13 Å². The van der Waals surface area contributed by atoms with Crippen LogP contribution in [0.3, 0.4) is 0 Å². The van der Waals surface area contributed by atoms with Gasteiger partial charge in [-0.05, 0) is 6.42 Å². The first-order chi connectivity index (χ1) is 6.83. The van der Waals surface area contributed by atoms with Crippen LogP contribution in [-0.4, -0.2) is 11.6 Å². The van der Waals surface area contributed by atoms with Crippen LogP contribution in [0, 0.1) is 0 Å². The molecule has 1 aromatic heterocycles. The Morgan fingerprint density at radius 1 is 1.43 bits per heavy atom. The highest BCUT2D eigenvalue weighted by Crippen LogP contribution is 2.11. The maximum absolute atomic E-state index is 5.50. The second kappa shape index (κ2) is 6.79. The van der Waals surface area contributed by atoms with Crippen LogP contribution in [0.5, 0.6) is 0 Å². The SMILES string of the molecule is CCCCCCOCc1csc(N)n1. The van der Waals surface area contributed by atoms with Gasteiger partial charge in [0.05, 0.1) is 12.3 Å². The van der Waals surface area contributed by atoms with Crippen LogP contribution in [0.25, 0.3) is 0 Å². The van der Waals surface area contributed by atoms with Gasteiger partial charge in [-0.15, -0.1) is 11.3 Å². The fourth-order valence-electron chi connectivity index (χ4n) is 1.20. The summed E-state index contributed by atoms with van der Waals surface area (Å²) in [4.78, 5) is 4.12. The third-order valence-corrected chi connectivity index (χ3v) is 2.68. The van der Waals surface area contributed by atoms with Crippen LogP contribution in [0.15, 0.2) is 5.38 Å². The van der Waals surface area contributed by atoms with Crippen molar-refractivity contribution in [3.05, 3.63) is 11.1 Å². The van der Waals surface area contributed by atoms with Crippen molar-refractivity contribution < 1.29 is 4.74 Å². The number of unbranched alkanes of at least 4 members (excludes halogenated alkanes) is 3. The highest BCUT2D eigenvalue weighted by Gasteiger charge is 1.97. The molecule has 0 amide bonds. The molecule has 0 saturated carbocycles. The number of thiazole rings is 1. The third-order valence-electron chi connectivity index (χ3n) is 1.96. The molecule has 4 heteroatoms. The fraction of sp³-hybridized carbons (Fsp3) is 0.700. The molecule has 0 atom stereocenters. The second-order valence-corrected chi connectivity index (χ2v) is 4.18. The monoisotopic (exact) mass is 214 g/mol. The van der Waals surface area contributed by atoms with Crippen LogP contribution in [-0.2, 0) is 11.3 Å². The Morgan fingerprint density at radius 3 is 2.93 bits per heavy atom.